The zero-order valence-electron chi connectivity index (χ0n) is 43.5. The normalized spacial score (nSPS) is 24.3. The summed E-state index contributed by atoms with van der Waals surface area (Å²) in [6.07, 6.45) is 4.93. The Kier molecular flexibility index (Phi) is 17.5. The number of para-hydroxylation sites is 2. The van der Waals surface area contributed by atoms with Crippen molar-refractivity contribution in [2.45, 2.75) is 152 Å². The average molecular weight is 1110 g/mol. The number of fused-ring (bicyclic) bond motifs is 4. The van der Waals surface area contributed by atoms with Crippen LogP contribution in [0.2, 0.25) is 0 Å². The molecule has 0 radical (unpaired) electrons. The quantitative estimate of drug-likeness (QED) is 0.0627. The van der Waals surface area contributed by atoms with Crippen molar-refractivity contribution in [3.8, 4) is 34.0 Å². The third kappa shape index (κ3) is 14.6. The van der Waals surface area contributed by atoms with Crippen LogP contribution in [0.25, 0.3) is 22.5 Å². The molecule has 11 nitrogen and oxygen atoms in total. The number of ether oxygens (including phenoxy) is 4. The molecule has 79 heavy (non-hydrogen) atoms. The van der Waals surface area contributed by atoms with E-state index in [0.717, 1.165) is 124 Å². The molecular weight excluding hydrogens is 1040 g/mol. The molecule has 4 bridgehead atoms. The highest BCUT2D eigenvalue weighted by Crippen LogP contribution is 2.49. The summed E-state index contributed by atoms with van der Waals surface area (Å²) in [5.41, 5.74) is 10.9. The minimum Gasteiger partial charge on any atom is -0.405 e. The zero-order valence-corrected chi connectivity index (χ0v) is 43.5. The molecule has 2 aromatic heterocycles. The van der Waals surface area contributed by atoms with Gasteiger partial charge in [-0.1, -0.05) is 58.8 Å². The van der Waals surface area contributed by atoms with Crippen molar-refractivity contribution < 1.29 is 67.9 Å². The van der Waals surface area contributed by atoms with Gasteiger partial charge in [-0.2, -0.15) is 0 Å². The number of hydrogen-bond donors (Lipinski definition) is 2. The number of aromatic nitrogens is 2. The molecule has 6 fully saturated rings. The van der Waals surface area contributed by atoms with Crippen molar-refractivity contribution in [2.75, 3.05) is 6.54 Å². The highest BCUT2D eigenvalue weighted by molar-refractivity contribution is 5.71. The first-order chi connectivity index (χ1) is 38.1. The first-order valence-electron chi connectivity index (χ1n) is 27.4. The Morgan fingerprint density at radius 2 is 0.987 bits per heavy atom. The van der Waals surface area contributed by atoms with Gasteiger partial charge in [0.15, 0.2) is 0 Å². The van der Waals surface area contributed by atoms with Crippen molar-refractivity contribution in [1.82, 2.24) is 15.6 Å². The van der Waals surface area contributed by atoms with Crippen molar-refractivity contribution in [2.24, 2.45) is 29.4 Å². The van der Waals surface area contributed by atoms with Crippen LogP contribution in [0.1, 0.15) is 123 Å². The first-order valence-corrected chi connectivity index (χ1v) is 27.4. The fraction of sp³-hybridized carbons (Fsp3) is 0.483. The predicted octanol–water partition coefficient (Wildman–Crippen LogP) is 13.9. The fourth-order valence-electron chi connectivity index (χ4n) is 12.2. The van der Waals surface area contributed by atoms with Crippen molar-refractivity contribution in [3.63, 3.8) is 0 Å². The molecule has 6 aromatic rings. The molecule has 6 aliphatic carbocycles. The van der Waals surface area contributed by atoms with E-state index in [1.807, 2.05) is 12.1 Å². The van der Waals surface area contributed by atoms with Gasteiger partial charge >= 0.3 is 12.7 Å². The number of alkyl halides is 6. The van der Waals surface area contributed by atoms with Crippen LogP contribution in [0.4, 0.5) is 35.1 Å². The average Bonchev–Trinajstić information content (AvgIpc) is 4.44. The molecule has 4 atom stereocenters. The van der Waals surface area contributed by atoms with Gasteiger partial charge in [-0.15, -0.1) is 26.3 Å². The molecule has 6 aliphatic rings. The number of hydrogen-bond acceptors (Lipinski definition) is 11. The van der Waals surface area contributed by atoms with Crippen LogP contribution in [-0.4, -0.2) is 60.2 Å². The number of rotatable bonds is 18. The minimum atomic E-state index is -4.80. The molecule has 6 saturated carbocycles. The molecule has 4 unspecified atom stereocenters. The van der Waals surface area contributed by atoms with Crippen LogP contribution >= 0.6 is 0 Å². The number of halogens is 8. The van der Waals surface area contributed by atoms with Gasteiger partial charge in [-0.25, -0.2) is 8.78 Å². The van der Waals surface area contributed by atoms with Gasteiger partial charge < -0.3 is 43.8 Å². The molecule has 0 saturated heterocycles. The summed E-state index contributed by atoms with van der Waals surface area (Å²) in [6.45, 7) is 1.37. The van der Waals surface area contributed by atoms with E-state index in [-0.39, 0.29) is 77.6 Å². The second kappa shape index (κ2) is 24.7. The maximum Gasteiger partial charge on any atom is 0.573 e. The van der Waals surface area contributed by atoms with E-state index >= 15 is 0 Å². The molecular formula is C60H64F8N4O7. The molecule has 0 spiro atoms. The summed E-state index contributed by atoms with van der Waals surface area (Å²) in [7, 11) is 0. The topological polar surface area (TPSA) is 144 Å². The summed E-state index contributed by atoms with van der Waals surface area (Å²) in [5.74, 6) is 2.90. The zero-order chi connectivity index (χ0) is 55.3. The Morgan fingerprint density at radius 3 is 1.42 bits per heavy atom. The number of carbonyl (C=O) groups is 1. The third-order valence-corrected chi connectivity index (χ3v) is 16.3. The van der Waals surface area contributed by atoms with Crippen LogP contribution in [0.5, 0.6) is 11.5 Å². The van der Waals surface area contributed by atoms with Crippen molar-refractivity contribution in [1.29, 1.82) is 0 Å². The lowest BCUT2D eigenvalue weighted by atomic mass is 9.82. The highest BCUT2D eigenvalue weighted by Gasteiger charge is 2.45. The summed E-state index contributed by atoms with van der Waals surface area (Å²) in [5, 5.41) is 12.1. The molecule has 19 heteroatoms. The van der Waals surface area contributed by atoms with E-state index in [1.54, 1.807) is 36.4 Å². The van der Waals surface area contributed by atoms with Gasteiger partial charge in [-0.05, 0) is 173 Å². The third-order valence-electron chi connectivity index (χ3n) is 16.3. The van der Waals surface area contributed by atoms with Gasteiger partial charge in [-0.3, -0.25) is 0 Å². The lowest BCUT2D eigenvalue weighted by molar-refractivity contribution is -0.275. The minimum absolute atomic E-state index is 0.0779. The second-order valence-corrected chi connectivity index (χ2v) is 21.8. The predicted molar refractivity (Wildman–Crippen MR) is 275 cm³/mol. The Labute approximate surface area is 452 Å². The number of nitrogens with one attached hydrogen (secondary N) is 1. The van der Waals surface area contributed by atoms with Gasteiger partial charge in [0.25, 0.3) is 0 Å². The van der Waals surface area contributed by atoms with Crippen LogP contribution in [0.3, 0.4) is 0 Å². The number of carbonyl (C=O) groups excluding carboxylic acids is 1. The molecule has 12 rings (SSSR count). The van der Waals surface area contributed by atoms with Gasteiger partial charge in [0.1, 0.15) is 52.3 Å². The second-order valence-electron chi connectivity index (χ2n) is 21.8. The Morgan fingerprint density at radius 1 is 0.570 bits per heavy atom. The SMILES string of the molecule is Fc1ccc(CCNC2C3CCC2CC(OCc2c(-c4ccccc4OC(F)(F)F)noc2C2CC2)C3)cc1.NC1C2CCC1CC(OCc1c(-c3ccccc3OC(F)(F)F)noc1C1CC1)C2.O=CCc1ccc(F)cc1. The van der Waals surface area contributed by atoms with E-state index in [0.29, 0.717) is 53.3 Å². The van der Waals surface area contributed by atoms with Crippen LogP contribution in [-0.2, 0) is 40.3 Å². The number of nitrogens with two attached hydrogens (primary N) is 1. The van der Waals surface area contributed by atoms with Crippen LogP contribution < -0.4 is 20.5 Å². The molecule has 0 amide bonds. The largest absolute Gasteiger partial charge is 0.573 e. The van der Waals surface area contributed by atoms with E-state index in [2.05, 4.69) is 25.1 Å². The highest BCUT2D eigenvalue weighted by atomic mass is 19.4. The standard InChI is InChI=1S/C30H32F4N2O3.C22H25F3N2O3.C8H7FO/c31-22-11-5-18(6-12-22)13-14-35-27-20-9-10-21(27)16-23(15-20)37-17-25-28(36-39-29(25)19-7-8-19)24-3-1-2-4-26(24)38-30(32,33)34;23-22(24,25)29-18-4-2-1-3-16(18)20-17(21(30-27-20)12-5-6-12)11-28-15-9-13-7-8-14(10-15)19(13)26;9-8-3-1-7(2-4-8)5-6-10/h1-6,11-12,19-21,23,27,35H,7-10,13-17H2;1-4,12-15,19H,5-11,26H2;1-4,6H,5H2. The van der Waals surface area contributed by atoms with Gasteiger partial charge in [0.2, 0.25) is 0 Å². The monoisotopic (exact) mass is 1100 g/mol. The maximum absolute atomic E-state index is 13.2. The van der Waals surface area contributed by atoms with Crippen molar-refractivity contribution in [3.05, 3.63) is 142 Å². The number of benzene rings is 4. The molecule has 422 valence electrons. The first kappa shape index (κ1) is 56.1. The van der Waals surface area contributed by atoms with E-state index < -0.39 is 12.7 Å². The molecule has 0 aliphatic heterocycles. The van der Waals surface area contributed by atoms with E-state index in [1.165, 1.54) is 48.5 Å². The number of aldehydes is 1. The van der Waals surface area contributed by atoms with E-state index in [4.69, 9.17) is 24.3 Å². The summed E-state index contributed by atoms with van der Waals surface area (Å²) < 4.78 is 136. The van der Waals surface area contributed by atoms with Crippen LogP contribution in [0, 0.1) is 35.3 Å². The van der Waals surface area contributed by atoms with Crippen molar-refractivity contribution >= 4 is 6.29 Å². The van der Waals surface area contributed by atoms with E-state index in [9.17, 15) is 39.9 Å². The lowest BCUT2D eigenvalue weighted by Crippen LogP contribution is -2.44. The van der Waals surface area contributed by atoms with Gasteiger partial charge in [0.05, 0.1) is 25.4 Å². The lowest BCUT2D eigenvalue weighted by Gasteiger charge is -2.36. The summed E-state index contributed by atoms with van der Waals surface area (Å²) in [6, 6.07) is 25.3. The van der Waals surface area contributed by atoms with Crippen LogP contribution in [0.15, 0.2) is 106 Å². The molecule has 3 N–H and O–H groups in total. The Balaban J connectivity index is 0.000000155. The summed E-state index contributed by atoms with van der Waals surface area (Å²) in [4.78, 5) is 9.97. The molecule has 4 aromatic carbocycles. The fourth-order valence-corrected chi connectivity index (χ4v) is 12.2. The Hall–Kier alpha value is -6.15. The smallest absolute Gasteiger partial charge is 0.405 e. The molecule has 2 heterocycles. The number of nitrogens with zero attached hydrogens (tertiary/aromatic N) is 2. The maximum atomic E-state index is 13.2. The Bertz CT molecular complexity index is 2930. The summed E-state index contributed by atoms with van der Waals surface area (Å²) >= 11 is 0. The van der Waals surface area contributed by atoms with Gasteiger partial charge in [0, 0.05) is 52.6 Å².